The van der Waals surface area contributed by atoms with Crippen LogP contribution in [-0.2, 0) is 0 Å². The minimum atomic E-state index is -1.69. The summed E-state index contributed by atoms with van der Waals surface area (Å²) in [6.45, 7) is 19.0. The van der Waals surface area contributed by atoms with Crippen LogP contribution in [-0.4, -0.2) is 8.07 Å². The van der Waals surface area contributed by atoms with E-state index >= 15 is 0 Å². The molecule has 0 radical (unpaired) electrons. The Morgan fingerprint density at radius 2 is 1.28 bits per heavy atom. The Labute approximate surface area is 178 Å². The molecule has 0 saturated carbocycles. The zero-order valence-electron chi connectivity index (χ0n) is 19.3. The number of allylic oxidation sites excluding steroid dienone is 5. The summed E-state index contributed by atoms with van der Waals surface area (Å²) in [6.07, 6.45) is 2.62. The van der Waals surface area contributed by atoms with Gasteiger partial charge in [-0.05, 0) is 86.0 Å². The van der Waals surface area contributed by atoms with E-state index in [4.69, 9.17) is 0 Å². The van der Waals surface area contributed by atoms with Crippen molar-refractivity contribution in [1.82, 2.24) is 0 Å². The lowest BCUT2D eigenvalue weighted by atomic mass is 9.96. The summed E-state index contributed by atoms with van der Waals surface area (Å²) in [5.74, 6) is 0. The fraction of sp³-hybridized carbons (Fsp3) is 0.357. The van der Waals surface area contributed by atoms with Gasteiger partial charge in [0.1, 0.15) is 0 Å². The van der Waals surface area contributed by atoms with Crippen LogP contribution in [0.2, 0.25) is 18.6 Å². The quantitative estimate of drug-likeness (QED) is 0.458. The Hall–Kier alpha value is -2.12. The fourth-order valence-electron chi connectivity index (χ4n) is 6.00. The van der Waals surface area contributed by atoms with Gasteiger partial charge in [-0.15, -0.1) is 0 Å². The standard InChI is InChI=1S/C28H34Si/c1-17-13-18(2)15-23(14-17)26-16-27(25-12-10-9-11-24(25)26)29(7,8)28-21(5)19(3)20(4)22(28)6/h9-16,27-28H,1-8H3. The van der Waals surface area contributed by atoms with Crippen LogP contribution in [0.25, 0.3) is 5.57 Å². The second-order valence-electron chi connectivity index (χ2n) is 9.89. The average molecular weight is 399 g/mol. The van der Waals surface area contributed by atoms with E-state index in [0.29, 0.717) is 11.1 Å². The van der Waals surface area contributed by atoms with Crippen molar-refractivity contribution < 1.29 is 0 Å². The largest absolute Gasteiger partial charge is 0.0714 e. The Morgan fingerprint density at radius 1 is 0.724 bits per heavy atom. The van der Waals surface area contributed by atoms with Crippen LogP contribution in [0.5, 0.6) is 0 Å². The first-order valence-corrected chi connectivity index (χ1v) is 14.0. The van der Waals surface area contributed by atoms with Gasteiger partial charge in [-0.25, -0.2) is 0 Å². The Bertz CT molecular complexity index is 1050. The molecule has 2 aliphatic rings. The number of aryl methyl sites for hydroxylation is 2. The van der Waals surface area contributed by atoms with E-state index in [-0.39, 0.29) is 0 Å². The molecule has 0 saturated heterocycles. The van der Waals surface area contributed by atoms with Crippen LogP contribution in [0.4, 0.5) is 0 Å². The predicted octanol–water partition coefficient (Wildman–Crippen LogP) is 8.14. The summed E-state index contributed by atoms with van der Waals surface area (Å²) in [5, 5.41) is 0. The highest BCUT2D eigenvalue weighted by Crippen LogP contribution is 2.54. The molecule has 1 unspecified atom stereocenters. The van der Waals surface area contributed by atoms with Gasteiger partial charge in [-0.2, -0.15) is 0 Å². The van der Waals surface area contributed by atoms with E-state index in [9.17, 15) is 0 Å². The van der Waals surface area contributed by atoms with Gasteiger partial charge in [-0.1, -0.05) is 83.9 Å². The van der Waals surface area contributed by atoms with Crippen molar-refractivity contribution in [1.29, 1.82) is 0 Å². The first-order valence-electron chi connectivity index (χ1n) is 10.9. The molecule has 0 amide bonds. The molecule has 0 bridgehead atoms. The molecule has 150 valence electrons. The molecule has 0 heterocycles. The number of hydrogen-bond donors (Lipinski definition) is 0. The van der Waals surface area contributed by atoms with Crippen LogP contribution in [0.3, 0.4) is 0 Å². The maximum atomic E-state index is 2.62. The first-order chi connectivity index (χ1) is 13.6. The highest BCUT2D eigenvalue weighted by atomic mass is 28.3. The molecule has 0 aliphatic heterocycles. The molecule has 4 rings (SSSR count). The number of rotatable bonds is 3. The van der Waals surface area contributed by atoms with Gasteiger partial charge in [0, 0.05) is 0 Å². The summed E-state index contributed by atoms with van der Waals surface area (Å²) in [6, 6.07) is 16.1. The van der Waals surface area contributed by atoms with Crippen LogP contribution < -0.4 is 0 Å². The third kappa shape index (κ3) is 3.11. The predicted molar refractivity (Wildman–Crippen MR) is 130 cm³/mol. The van der Waals surface area contributed by atoms with Gasteiger partial charge in [0.15, 0.2) is 0 Å². The SMILES string of the molecule is CC1=C(C)C([Si](C)(C)C2C=C(c3cc(C)cc(C)c3)c3ccccc32)C(C)=C1C. The lowest BCUT2D eigenvalue weighted by Crippen LogP contribution is -2.39. The monoisotopic (exact) mass is 398 g/mol. The minimum Gasteiger partial charge on any atom is -0.0712 e. The van der Waals surface area contributed by atoms with E-state index < -0.39 is 8.07 Å². The van der Waals surface area contributed by atoms with E-state index in [1.165, 1.54) is 39.0 Å². The average Bonchev–Trinajstić information content (AvgIpc) is 3.14. The van der Waals surface area contributed by atoms with Gasteiger partial charge in [-0.3, -0.25) is 0 Å². The molecule has 29 heavy (non-hydrogen) atoms. The molecular formula is C28H34Si. The van der Waals surface area contributed by atoms with Crippen molar-refractivity contribution >= 4 is 13.6 Å². The lowest BCUT2D eigenvalue weighted by Gasteiger charge is -2.37. The van der Waals surface area contributed by atoms with E-state index in [1.807, 2.05) is 0 Å². The number of benzene rings is 2. The van der Waals surface area contributed by atoms with Crippen molar-refractivity contribution in [2.75, 3.05) is 0 Å². The third-order valence-corrected chi connectivity index (χ3v) is 12.0. The summed E-state index contributed by atoms with van der Waals surface area (Å²) >= 11 is 0. The summed E-state index contributed by atoms with van der Waals surface area (Å²) in [7, 11) is -1.69. The number of fused-ring (bicyclic) bond motifs is 1. The molecular weight excluding hydrogens is 364 g/mol. The van der Waals surface area contributed by atoms with Crippen molar-refractivity contribution in [3.8, 4) is 0 Å². The van der Waals surface area contributed by atoms with Gasteiger partial charge in [0.2, 0.25) is 0 Å². The highest BCUT2D eigenvalue weighted by molar-refractivity contribution is 6.82. The molecule has 2 aromatic rings. The fourth-order valence-corrected chi connectivity index (χ4v) is 10.7. The van der Waals surface area contributed by atoms with Crippen LogP contribution in [0.15, 0.2) is 70.8 Å². The molecule has 1 atom stereocenters. The lowest BCUT2D eigenvalue weighted by molar-refractivity contribution is 1.00. The van der Waals surface area contributed by atoms with E-state index in [0.717, 1.165) is 0 Å². The minimum absolute atomic E-state index is 0.545. The molecule has 0 aromatic heterocycles. The van der Waals surface area contributed by atoms with Gasteiger partial charge in [0.05, 0.1) is 8.07 Å². The molecule has 0 spiro atoms. The molecule has 2 aromatic carbocycles. The molecule has 0 N–H and O–H groups in total. The summed E-state index contributed by atoms with van der Waals surface area (Å²) < 4.78 is 0. The molecule has 0 nitrogen and oxygen atoms in total. The summed E-state index contributed by atoms with van der Waals surface area (Å²) in [4.78, 5) is 0. The van der Waals surface area contributed by atoms with Crippen LogP contribution in [0.1, 0.15) is 61.1 Å². The van der Waals surface area contributed by atoms with Gasteiger partial charge < -0.3 is 0 Å². The molecule has 0 fully saturated rings. The smallest absolute Gasteiger partial charge is 0.0712 e. The topological polar surface area (TPSA) is 0 Å². The Kier molecular flexibility index (Phi) is 4.86. The van der Waals surface area contributed by atoms with Crippen molar-refractivity contribution in [2.24, 2.45) is 0 Å². The van der Waals surface area contributed by atoms with Crippen LogP contribution in [0, 0.1) is 13.8 Å². The maximum Gasteiger partial charge on any atom is 0.0714 e. The highest BCUT2D eigenvalue weighted by Gasteiger charge is 2.46. The Balaban J connectivity index is 1.87. The zero-order chi connectivity index (χ0) is 21.1. The number of hydrogen-bond acceptors (Lipinski definition) is 0. The van der Waals surface area contributed by atoms with E-state index in [1.54, 1.807) is 16.7 Å². The molecule has 2 aliphatic carbocycles. The first kappa shape index (κ1) is 20.2. The normalized spacial score (nSPS) is 19.9. The second kappa shape index (κ2) is 6.99. The van der Waals surface area contributed by atoms with Gasteiger partial charge in [0.25, 0.3) is 0 Å². The summed E-state index contributed by atoms with van der Waals surface area (Å²) in [5.41, 5.74) is 15.9. The zero-order valence-corrected chi connectivity index (χ0v) is 20.3. The molecule has 1 heteroatoms. The van der Waals surface area contributed by atoms with E-state index in [2.05, 4.69) is 103 Å². The Morgan fingerprint density at radius 3 is 1.86 bits per heavy atom. The van der Waals surface area contributed by atoms with Crippen molar-refractivity contribution in [3.63, 3.8) is 0 Å². The third-order valence-electron chi connectivity index (χ3n) is 7.61. The van der Waals surface area contributed by atoms with Gasteiger partial charge >= 0.3 is 0 Å². The van der Waals surface area contributed by atoms with Crippen molar-refractivity contribution in [2.45, 2.75) is 65.7 Å². The van der Waals surface area contributed by atoms with Crippen LogP contribution >= 0.6 is 0 Å². The second-order valence-corrected chi connectivity index (χ2v) is 14.7. The maximum absolute atomic E-state index is 2.62. The van der Waals surface area contributed by atoms with Crippen molar-refractivity contribution in [3.05, 3.63) is 98.7 Å².